The van der Waals surface area contributed by atoms with Gasteiger partial charge in [-0.3, -0.25) is 4.79 Å². The third kappa shape index (κ3) is 2.41. The second kappa shape index (κ2) is 4.86. The Morgan fingerprint density at radius 2 is 2.06 bits per heavy atom. The molecule has 98 valence electrons. The van der Waals surface area contributed by atoms with Gasteiger partial charge >= 0.3 is 0 Å². The van der Waals surface area contributed by atoms with Crippen LogP contribution in [-0.4, -0.2) is 58.6 Å². The zero-order valence-electron chi connectivity index (χ0n) is 10.6. The van der Waals surface area contributed by atoms with E-state index in [9.17, 15) is 15.0 Å². The zero-order valence-corrected chi connectivity index (χ0v) is 10.6. The normalized spacial score (nSPS) is 21.0. The molecule has 1 aliphatic heterocycles. The Bertz CT molecular complexity index is 462. The second-order valence-electron chi connectivity index (χ2n) is 4.78. The molecule has 1 atom stereocenters. The minimum atomic E-state index is -0.233. The van der Waals surface area contributed by atoms with Crippen LogP contribution in [0, 0.1) is 0 Å². The van der Waals surface area contributed by atoms with Gasteiger partial charge < -0.3 is 20.0 Å². The Balaban J connectivity index is 2.19. The molecule has 0 bridgehead atoms. The zero-order chi connectivity index (χ0) is 13.3. The first-order chi connectivity index (χ1) is 8.49. The molecule has 1 aromatic rings. The molecule has 1 heterocycles. The molecular weight excluding hydrogens is 232 g/mol. The van der Waals surface area contributed by atoms with Crippen molar-refractivity contribution in [2.75, 3.05) is 26.7 Å². The molecule has 0 radical (unpaired) electrons. The molecule has 2 rings (SSSR count). The van der Waals surface area contributed by atoms with Gasteiger partial charge in [-0.25, -0.2) is 0 Å². The van der Waals surface area contributed by atoms with E-state index in [2.05, 4.69) is 11.8 Å². The number of carbonyl (C=O) groups is 1. The molecule has 1 saturated heterocycles. The quantitative estimate of drug-likeness (QED) is 0.726. The summed E-state index contributed by atoms with van der Waals surface area (Å²) >= 11 is 0. The lowest BCUT2D eigenvalue weighted by Crippen LogP contribution is -2.52. The lowest BCUT2D eigenvalue weighted by Gasteiger charge is -2.37. The maximum atomic E-state index is 12.3. The van der Waals surface area contributed by atoms with Crippen molar-refractivity contribution in [1.82, 2.24) is 9.80 Å². The predicted octanol–water partition coefficient (Wildman–Crippen LogP) is 0.874. The Morgan fingerprint density at radius 1 is 1.33 bits per heavy atom. The van der Waals surface area contributed by atoms with Gasteiger partial charge in [0.15, 0.2) is 0 Å². The van der Waals surface area contributed by atoms with Crippen LogP contribution in [0.5, 0.6) is 11.5 Å². The van der Waals surface area contributed by atoms with E-state index in [0.29, 0.717) is 19.1 Å². The number of amides is 1. The number of carbonyl (C=O) groups excluding carboxylic acids is 1. The van der Waals surface area contributed by atoms with E-state index in [4.69, 9.17) is 0 Å². The molecule has 5 nitrogen and oxygen atoms in total. The van der Waals surface area contributed by atoms with Crippen molar-refractivity contribution in [3.05, 3.63) is 23.8 Å². The number of phenolic OH excluding ortho intramolecular Hbond substituents is 2. The van der Waals surface area contributed by atoms with Crippen molar-refractivity contribution < 1.29 is 15.0 Å². The largest absolute Gasteiger partial charge is 0.508 e. The van der Waals surface area contributed by atoms with E-state index in [1.807, 2.05) is 7.05 Å². The van der Waals surface area contributed by atoms with Crippen LogP contribution in [0.15, 0.2) is 18.2 Å². The molecule has 0 saturated carbocycles. The van der Waals surface area contributed by atoms with Gasteiger partial charge in [0.25, 0.3) is 5.91 Å². The standard InChI is InChI=1S/C13H18N2O3/c1-9-8-15(6-5-14(9)2)13(18)11-7-10(16)3-4-12(11)17/h3-4,7,9,16-17H,5-6,8H2,1-2H3. The smallest absolute Gasteiger partial charge is 0.257 e. The maximum absolute atomic E-state index is 12.3. The minimum Gasteiger partial charge on any atom is -0.508 e. The summed E-state index contributed by atoms with van der Waals surface area (Å²) in [5.74, 6) is -0.342. The average Bonchev–Trinajstić information content (AvgIpc) is 2.35. The third-order valence-electron chi connectivity index (χ3n) is 3.46. The monoisotopic (exact) mass is 250 g/mol. The van der Waals surface area contributed by atoms with Gasteiger partial charge in [-0.15, -0.1) is 0 Å². The van der Waals surface area contributed by atoms with Crippen LogP contribution >= 0.6 is 0 Å². The van der Waals surface area contributed by atoms with Crippen molar-refractivity contribution in [2.24, 2.45) is 0 Å². The van der Waals surface area contributed by atoms with Crippen molar-refractivity contribution >= 4 is 5.91 Å². The van der Waals surface area contributed by atoms with Gasteiger partial charge in [0.2, 0.25) is 0 Å². The molecule has 0 aromatic heterocycles. The van der Waals surface area contributed by atoms with Gasteiger partial charge in [-0.2, -0.15) is 0 Å². The van der Waals surface area contributed by atoms with Gasteiger partial charge in [0.1, 0.15) is 11.5 Å². The molecule has 5 heteroatoms. The summed E-state index contributed by atoms with van der Waals surface area (Å²) in [5, 5.41) is 19.1. The number of nitrogens with zero attached hydrogens (tertiary/aromatic N) is 2. The van der Waals surface area contributed by atoms with Gasteiger partial charge in [-0.05, 0) is 32.2 Å². The molecule has 18 heavy (non-hydrogen) atoms. The number of hydrogen-bond donors (Lipinski definition) is 2. The molecule has 1 amide bonds. The highest BCUT2D eigenvalue weighted by Crippen LogP contribution is 2.24. The Kier molecular flexibility index (Phi) is 3.43. The van der Waals surface area contributed by atoms with Crippen molar-refractivity contribution in [2.45, 2.75) is 13.0 Å². The Labute approximate surface area is 106 Å². The van der Waals surface area contributed by atoms with Crippen LogP contribution in [0.3, 0.4) is 0 Å². The highest BCUT2D eigenvalue weighted by atomic mass is 16.3. The summed E-state index contributed by atoms with van der Waals surface area (Å²) in [5.41, 5.74) is 0.159. The first-order valence-corrected chi connectivity index (χ1v) is 6.00. The number of hydrogen-bond acceptors (Lipinski definition) is 4. The fourth-order valence-electron chi connectivity index (χ4n) is 2.10. The van der Waals surface area contributed by atoms with Crippen LogP contribution in [0.1, 0.15) is 17.3 Å². The molecule has 1 fully saturated rings. The van der Waals surface area contributed by atoms with Crippen LogP contribution in [0.2, 0.25) is 0 Å². The topological polar surface area (TPSA) is 64.0 Å². The Hall–Kier alpha value is -1.75. The molecular formula is C13H18N2O3. The average molecular weight is 250 g/mol. The van der Waals surface area contributed by atoms with Gasteiger partial charge in [-0.1, -0.05) is 0 Å². The fraction of sp³-hybridized carbons (Fsp3) is 0.462. The molecule has 0 aliphatic carbocycles. The molecule has 1 aliphatic rings. The van der Waals surface area contributed by atoms with Crippen LogP contribution in [0.4, 0.5) is 0 Å². The number of benzene rings is 1. The fourth-order valence-corrected chi connectivity index (χ4v) is 2.10. The summed E-state index contributed by atoms with van der Waals surface area (Å²) in [7, 11) is 2.03. The minimum absolute atomic E-state index is 0.0154. The van der Waals surface area contributed by atoms with E-state index in [1.54, 1.807) is 4.90 Å². The maximum Gasteiger partial charge on any atom is 0.257 e. The second-order valence-corrected chi connectivity index (χ2v) is 4.78. The summed E-state index contributed by atoms with van der Waals surface area (Å²) in [6.45, 7) is 4.13. The summed E-state index contributed by atoms with van der Waals surface area (Å²) < 4.78 is 0. The predicted molar refractivity (Wildman–Crippen MR) is 67.8 cm³/mol. The Morgan fingerprint density at radius 3 is 2.72 bits per heavy atom. The summed E-state index contributed by atoms with van der Waals surface area (Å²) in [6, 6.07) is 4.30. The first kappa shape index (κ1) is 12.7. The number of likely N-dealkylation sites (N-methyl/N-ethyl adjacent to an activating group) is 1. The van der Waals surface area contributed by atoms with Crippen molar-refractivity contribution in [1.29, 1.82) is 0 Å². The van der Waals surface area contributed by atoms with Crippen molar-refractivity contribution in [3.8, 4) is 11.5 Å². The molecule has 1 unspecified atom stereocenters. The van der Waals surface area contributed by atoms with Crippen LogP contribution in [-0.2, 0) is 0 Å². The van der Waals surface area contributed by atoms with E-state index < -0.39 is 0 Å². The highest BCUT2D eigenvalue weighted by molar-refractivity contribution is 5.97. The molecule has 0 spiro atoms. The van der Waals surface area contributed by atoms with Crippen LogP contribution < -0.4 is 0 Å². The highest BCUT2D eigenvalue weighted by Gasteiger charge is 2.26. The van der Waals surface area contributed by atoms with E-state index in [0.717, 1.165) is 6.54 Å². The van der Waals surface area contributed by atoms with Gasteiger partial charge in [0.05, 0.1) is 5.56 Å². The van der Waals surface area contributed by atoms with Gasteiger partial charge in [0, 0.05) is 25.7 Å². The van der Waals surface area contributed by atoms with Crippen LogP contribution in [0.25, 0.3) is 0 Å². The van der Waals surface area contributed by atoms with Crippen molar-refractivity contribution in [3.63, 3.8) is 0 Å². The number of phenols is 2. The SMILES string of the molecule is CC1CN(C(=O)c2cc(O)ccc2O)CCN1C. The molecule has 1 aromatic carbocycles. The lowest BCUT2D eigenvalue weighted by molar-refractivity contribution is 0.0569. The summed E-state index contributed by atoms with van der Waals surface area (Å²) in [4.78, 5) is 16.2. The first-order valence-electron chi connectivity index (χ1n) is 6.00. The number of aromatic hydroxyl groups is 2. The summed E-state index contributed by atoms with van der Waals surface area (Å²) in [6.07, 6.45) is 0. The van der Waals surface area contributed by atoms with E-state index in [1.165, 1.54) is 18.2 Å². The van der Waals surface area contributed by atoms with E-state index in [-0.39, 0.29) is 23.0 Å². The lowest BCUT2D eigenvalue weighted by atomic mass is 10.1. The van der Waals surface area contributed by atoms with E-state index >= 15 is 0 Å². The number of piperazine rings is 1. The third-order valence-corrected chi connectivity index (χ3v) is 3.46. The number of rotatable bonds is 1. The molecule has 2 N–H and O–H groups in total.